The lowest BCUT2D eigenvalue weighted by molar-refractivity contribution is -0.130. The summed E-state index contributed by atoms with van der Waals surface area (Å²) in [7, 11) is 5.85. The monoisotopic (exact) mass is 249 g/mol. The Kier molecular flexibility index (Phi) is 5.65. The summed E-state index contributed by atoms with van der Waals surface area (Å²) in [6.07, 6.45) is 1.28. The van der Waals surface area contributed by atoms with Crippen molar-refractivity contribution in [2.24, 2.45) is 5.73 Å². The lowest BCUT2D eigenvalue weighted by Gasteiger charge is -2.18. The molecule has 1 amide bonds. The van der Waals surface area contributed by atoms with Gasteiger partial charge in [0, 0.05) is 39.8 Å². The molecule has 0 saturated heterocycles. The zero-order valence-corrected chi connectivity index (χ0v) is 11.5. The molecule has 1 aromatic carbocycles. The van der Waals surface area contributed by atoms with E-state index in [1.54, 1.807) is 4.90 Å². The molecule has 0 spiro atoms. The van der Waals surface area contributed by atoms with Crippen LogP contribution >= 0.6 is 0 Å². The fourth-order valence-electron chi connectivity index (χ4n) is 1.71. The largest absolute Gasteiger partial charge is 0.378 e. The van der Waals surface area contributed by atoms with E-state index < -0.39 is 0 Å². The predicted molar refractivity (Wildman–Crippen MR) is 75.5 cm³/mol. The zero-order chi connectivity index (χ0) is 13.5. The molecule has 0 aromatic heterocycles. The molecule has 4 nitrogen and oxygen atoms in total. The maximum Gasteiger partial charge on any atom is 0.222 e. The third-order valence-electron chi connectivity index (χ3n) is 2.89. The lowest BCUT2D eigenvalue weighted by Crippen LogP contribution is -2.26. The van der Waals surface area contributed by atoms with Gasteiger partial charge in [-0.15, -0.1) is 0 Å². The Morgan fingerprint density at radius 3 is 2.28 bits per heavy atom. The predicted octanol–water partition coefficient (Wildman–Crippen LogP) is 1.45. The van der Waals surface area contributed by atoms with Crippen LogP contribution < -0.4 is 10.6 Å². The van der Waals surface area contributed by atoms with Gasteiger partial charge in [-0.25, -0.2) is 0 Å². The lowest BCUT2D eigenvalue weighted by atomic mass is 10.2. The number of nitrogens with zero attached hydrogens (tertiary/aromatic N) is 2. The van der Waals surface area contributed by atoms with Crippen molar-refractivity contribution in [3.63, 3.8) is 0 Å². The Morgan fingerprint density at radius 2 is 1.78 bits per heavy atom. The zero-order valence-electron chi connectivity index (χ0n) is 11.5. The van der Waals surface area contributed by atoms with E-state index in [1.807, 2.05) is 21.1 Å². The van der Waals surface area contributed by atoms with Gasteiger partial charge in [0.15, 0.2) is 0 Å². The number of nitrogens with two attached hydrogens (primary N) is 1. The summed E-state index contributed by atoms with van der Waals surface area (Å²) in [6.45, 7) is 1.22. The number of rotatable bonds is 6. The van der Waals surface area contributed by atoms with Crippen molar-refractivity contribution >= 4 is 11.6 Å². The molecule has 0 saturated carbocycles. The van der Waals surface area contributed by atoms with Crippen LogP contribution in [0.1, 0.15) is 18.4 Å². The van der Waals surface area contributed by atoms with Gasteiger partial charge < -0.3 is 15.5 Å². The first kappa shape index (κ1) is 14.5. The average Bonchev–Trinajstić information content (AvgIpc) is 2.36. The van der Waals surface area contributed by atoms with E-state index in [9.17, 15) is 4.79 Å². The van der Waals surface area contributed by atoms with E-state index in [0.717, 1.165) is 17.7 Å². The van der Waals surface area contributed by atoms with Crippen molar-refractivity contribution in [1.82, 2.24) is 4.90 Å². The first-order valence-corrected chi connectivity index (χ1v) is 6.25. The van der Waals surface area contributed by atoms with Gasteiger partial charge in [0.25, 0.3) is 0 Å². The number of hydrogen-bond donors (Lipinski definition) is 1. The number of amides is 1. The molecular formula is C14H23N3O. The molecule has 2 N–H and O–H groups in total. The second-order valence-corrected chi connectivity index (χ2v) is 4.70. The second kappa shape index (κ2) is 7.01. The van der Waals surface area contributed by atoms with Gasteiger partial charge in [-0.2, -0.15) is 0 Å². The fourth-order valence-corrected chi connectivity index (χ4v) is 1.71. The van der Waals surface area contributed by atoms with Crippen LogP contribution in [0.5, 0.6) is 0 Å². The van der Waals surface area contributed by atoms with Gasteiger partial charge in [0.2, 0.25) is 5.91 Å². The van der Waals surface area contributed by atoms with Crippen LogP contribution in [0.25, 0.3) is 0 Å². The minimum Gasteiger partial charge on any atom is -0.378 e. The van der Waals surface area contributed by atoms with Crippen molar-refractivity contribution in [2.75, 3.05) is 32.6 Å². The molecule has 0 bridgehead atoms. The molecule has 4 heteroatoms. The highest BCUT2D eigenvalue weighted by atomic mass is 16.2. The Morgan fingerprint density at radius 1 is 1.17 bits per heavy atom. The normalized spacial score (nSPS) is 10.2. The van der Waals surface area contributed by atoms with Crippen molar-refractivity contribution in [2.45, 2.75) is 19.4 Å². The molecule has 1 aromatic rings. The van der Waals surface area contributed by atoms with E-state index in [4.69, 9.17) is 5.73 Å². The van der Waals surface area contributed by atoms with Crippen LogP contribution in [0.3, 0.4) is 0 Å². The standard InChI is InChI=1S/C14H23N3O/c1-16(2)13-8-6-12(7-9-13)11-17(3)14(18)5-4-10-15/h6-9H,4-5,10-11,15H2,1-3H3. The minimum absolute atomic E-state index is 0.150. The molecule has 0 unspecified atom stereocenters. The summed E-state index contributed by atoms with van der Waals surface area (Å²) in [4.78, 5) is 15.5. The Balaban J connectivity index is 2.53. The average molecular weight is 249 g/mol. The van der Waals surface area contributed by atoms with E-state index in [1.165, 1.54) is 0 Å². The molecule has 1 rings (SSSR count). The van der Waals surface area contributed by atoms with E-state index >= 15 is 0 Å². The Bertz CT molecular complexity index is 373. The molecule has 0 aliphatic heterocycles. The molecule has 0 radical (unpaired) electrons. The molecule has 0 fully saturated rings. The van der Waals surface area contributed by atoms with Gasteiger partial charge in [-0.05, 0) is 30.7 Å². The highest BCUT2D eigenvalue weighted by molar-refractivity contribution is 5.75. The number of anilines is 1. The third-order valence-corrected chi connectivity index (χ3v) is 2.89. The number of hydrogen-bond acceptors (Lipinski definition) is 3. The Hall–Kier alpha value is -1.55. The molecular weight excluding hydrogens is 226 g/mol. The van der Waals surface area contributed by atoms with Crippen LogP contribution in [0.4, 0.5) is 5.69 Å². The van der Waals surface area contributed by atoms with Gasteiger partial charge in [0.1, 0.15) is 0 Å². The van der Waals surface area contributed by atoms with Crippen molar-refractivity contribution < 1.29 is 4.79 Å². The molecule has 0 heterocycles. The summed E-state index contributed by atoms with van der Waals surface area (Å²) in [5.41, 5.74) is 7.70. The summed E-state index contributed by atoms with van der Waals surface area (Å²) in [6, 6.07) is 8.24. The third kappa shape index (κ3) is 4.37. The van der Waals surface area contributed by atoms with Crippen LogP contribution in [0, 0.1) is 0 Å². The van der Waals surface area contributed by atoms with E-state index in [2.05, 4.69) is 29.2 Å². The first-order chi connectivity index (χ1) is 8.54. The second-order valence-electron chi connectivity index (χ2n) is 4.70. The molecule has 0 atom stereocenters. The summed E-state index contributed by atoms with van der Waals surface area (Å²) >= 11 is 0. The van der Waals surface area contributed by atoms with Gasteiger partial charge >= 0.3 is 0 Å². The van der Waals surface area contributed by atoms with Crippen LogP contribution in [-0.2, 0) is 11.3 Å². The SMILES string of the molecule is CN(Cc1ccc(N(C)C)cc1)C(=O)CCCN. The molecule has 0 aliphatic rings. The fraction of sp³-hybridized carbons (Fsp3) is 0.500. The summed E-state index contributed by atoms with van der Waals surface area (Å²) in [5.74, 6) is 0.150. The van der Waals surface area contributed by atoms with Gasteiger partial charge in [0.05, 0.1) is 0 Å². The smallest absolute Gasteiger partial charge is 0.222 e. The number of benzene rings is 1. The van der Waals surface area contributed by atoms with Crippen LogP contribution in [-0.4, -0.2) is 38.5 Å². The van der Waals surface area contributed by atoms with Crippen LogP contribution in [0.2, 0.25) is 0 Å². The molecule has 0 aliphatic carbocycles. The van der Waals surface area contributed by atoms with Crippen molar-refractivity contribution in [3.8, 4) is 0 Å². The molecule has 18 heavy (non-hydrogen) atoms. The van der Waals surface area contributed by atoms with Crippen LogP contribution in [0.15, 0.2) is 24.3 Å². The highest BCUT2D eigenvalue weighted by Gasteiger charge is 2.08. The maximum atomic E-state index is 11.7. The van der Waals surface area contributed by atoms with Gasteiger partial charge in [-0.3, -0.25) is 4.79 Å². The number of carbonyl (C=O) groups excluding carboxylic acids is 1. The van der Waals surface area contributed by atoms with Crippen molar-refractivity contribution in [1.29, 1.82) is 0 Å². The van der Waals surface area contributed by atoms with Gasteiger partial charge in [-0.1, -0.05) is 12.1 Å². The van der Waals surface area contributed by atoms with E-state index in [0.29, 0.717) is 19.5 Å². The number of carbonyl (C=O) groups is 1. The minimum atomic E-state index is 0.150. The first-order valence-electron chi connectivity index (χ1n) is 6.25. The quantitative estimate of drug-likeness (QED) is 0.830. The van der Waals surface area contributed by atoms with E-state index in [-0.39, 0.29) is 5.91 Å². The molecule has 100 valence electrons. The summed E-state index contributed by atoms with van der Waals surface area (Å²) in [5, 5.41) is 0. The topological polar surface area (TPSA) is 49.6 Å². The highest BCUT2D eigenvalue weighted by Crippen LogP contribution is 2.13. The maximum absolute atomic E-state index is 11.7. The summed E-state index contributed by atoms with van der Waals surface area (Å²) < 4.78 is 0. The van der Waals surface area contributed by atoms with Crippen molar-refractivity contribution in [3.05, 3.63) is 29.8 Å². The Labute approximate surface area is 109 Å².